The first-order valence-corrected chi connectivity index (χ1v) is 7.38. The molecule has 0 saturated carbocycles. The summed E-state index contributed by atoms with van der Waals surface area (Å²) >= 11 is 0. The van der Waals surface area contributed by atoms with Gasteiger partial charge in [-0.1, -0.05) is 26.7 Å². The summed E-state index contributed by atoms with van der Waals surface area (Å²) in [5, 5.41) is 4.09. The fourth-order valence-corrected chi connectivity index (χ4v) is 3.13. The van der Waals surface area contributed by atoms with E-state index < -0.39 is 0 Å². The number of hydrogen-bond donors (Lipinski definition) is 0. The van der Waals surface area contributed by atoms with E-state index in [1.807, 2.05) is 11.9 Å². The fourth-order valence-electron chi connectivity index (χ4n) is 3.13. The minimum atomic E-state index is 0.135. The number of carbonyl (C=O) groups is 1. The molecular formula is C15H25N3O. The van der Waals surface area contributed by atoms with Crippen molar-refractivity contribution in [2.24, 2.45) is 12.5 Å². The average molecular weight is 263 g/mol. The van der Waals surface area contributed by atoms with Gasteiger partial charge in [0.15, 0.2) is 0 Å². The molecule has 2 heterocycles. The fraction of sp³-hybridized carbons (Fsp3) is 0.733. The molecule has 1 aromatic heterocycles. The molecule has 1 fully saturated rings. The third kappa shape index (κ3) is 2.99. The Labute approximate surface area is 115 Å². The molecule has 106 valence electrons. The number of carbonyl (C=O) groups excluding carboxylic acids is 1. The van der Waals surface area contributed by atoms with Crippen molar-refractivity contribution >= 4 is 5.91 Å². The van der Waals surface area contributed by atoms with Crippen molar-refractivity contribution in [3.63, 3.8) is 0 Å². The van der Waals surface area contributed by atoms with E-state index in [9.17, 15) is 4.79 Å². The number of rotatable bonds is 3. The highest BCUT2D eigenvalue weighted by atomic mass is 16.2. The van der Waals surface area contributed by atoms with Crippen LogP contribution in [0.3, 0.4) is 0 Å². The molecule has 0 bridgehead atoms. The molecule has 1 aromatic rings. The van der Waals surface area contributed by atoms with Gasteiger partial charge in [0.25, 0.3) is 5.91 Å². The van der Waals surface area contributed by atoms with Crippen LogP contribution in [0.4, 0.5) is 0 Å². The van der Waals surface area contributed by atoms with Crippen LogP contribution in [0.25, 0.3) is 0 Å². The summed E-state index contributed by atoms with van der Waals surface area (Å²) in [5.41, 5.74) is 1.16. The highest BCUT2D eigenvalue weighted by molar-refractivity contribution is 5.93. The summed E-state index contributed by atoms with van der Waals surface area (Å²) in [6.07, 6.45) is 9.41. The Morgan fingerprint density at radius 3 is 2.63 bits per heavy atom. The van der Waals surface area contributed by atoms with E-state index in [1.54, 1.807) is 17.1 Å². The quantitative estimate of drug-likeness (QED) is 0.841. The van der Waals surface area contributed by atoms with Gasteiger partial charge in [0.1, 0.15) is 0 Å². The van der Waals surface area contributed by atoms with E-state index >= 15 is 0 Å². The zero-order valence-electron chi connectivity index (χ0n) is 12.4. The van der Waals surface area contributed by atoms with Crippen molar-refractivity contribution in [2.75, 3.05) is 13.1 Å². The van der Waals surface area contributed by atoms with Crippen LogP contribution in [0, 0.1) is 5.41 Å². The standard InChI is InChI=1S/C15H25N3O/c1-4-15(5-2)7-6-9-18(10-8-15)14(19)13-11-16-17(3)12-13/h11-12H,4-10H2,1-3H3. The summed E-state index contributed by atoms with van der Waals surface area (Å²) < 4.78 is 1.69. The molecule has 1 amide bonds. The van der Waals surface area contributed by atoms with Crippen LogP contribution in [0.1, 0.15) is 56.3 Å². The number of amides is 1. The van der Waals surface area contributed by atoms with Gasteiger partial charge >= 0.3 is 0 Å². The number of nitrogens with zero attached hydrogens (tertiary/aromatic N) is 3. The Morgan fingerprint density at radius 2 is 2.05 bits per heavy atom. The summed E-state index contributed by atoms with van der Waals surface area (Å²) in [5.74, 6) is 0.135. The van der Waals surface area contributed by atoms with Gasteiger partial charge in [0, 0.05) is 26.3 Å². The molecule has 1 aliphatic heterocycles. The van der Waals surface area contributed by atoms with Gasteiger partial charge in [-0.2, -0.15) is 5.10 Å². The van der Waals surface area contributed by atoms with E-state index in [0.717, 1.165) is 25.9 Å². The topological polar surface area (TPSA) is 38.1 Å². The van der Waals surface area contributed by atoms with Gasteiger partial charge in [-0.3, -0.25) is 9.48 Å². The zero-order chi connectivity index (χ0) is 13.9. The largest absolute Gasteiger partial charge is 0.339 e. The van der Waals surface area contributed by atoms with E-state index in [4.69, 9.17) is 0 Å². The molecule has 2 rings (SSSR count). The highest BCUT2D eigenvalue weighted by Crippen LogP contribution is 2.38. The van der Waals surface area contributed by atoms with Crippen LogP contribution in [-0.4, -0.2) is 33.7 Å². The third-order valence-corrected chi connectivity index (χ3v) is 4.79. The first-order chi connectivity index (χ1) is 9.10. The average Bonchev–Trinajstić information content (AvgIpc) is 2.75. The molecule has 1 saturated heterocycles. The number of hydrogen-bond acceptors (Lipinski definition) is 2. The van der Waals surface area contributed by atoms with Gasteiger partial charge in [0.05, 0.1) is 11.8 Å². The predicted molar refractivity (Wildman–Crippen MR) is 76.0 cm³/mol. The van der Waals surface area contributed by atoms with E-state index in [2.05, 4.69) is 18.9 Å². The van der Waals surface area contributed by atoms with E-state index in [0.29, 0.717) is 11.0 Å². The Kier molecular flexibility index (Phi) is 4.27. The van der Waals surface area contributed by atoms with Crippen molar-refractivity contribution in [3.8, 4) is 0 Å². The molecule has 0 N–H and O–H groups in total. The lowest BCUT2D eigenvalue weighted by Crippen LogP contribution is -2.32. The molecular weight excluding hydrogens is 238 g/mol. The van der Waals surface area contributed by atoms with E-state index in [1.165, 1.54) is 19.3 Å². The smallest absolute Gasteiger partial charge is 0.257 e. The highest BCUT2D eigenvalue weighted by Gasteiger charge is 2.30. The van der Waals surface area contributed by atoms with Gasteiger partial charge in [-0.15, -0.1) is 0 Å². The summed E-state index contributed by atoms with van der Waals surface area (Å²) in [6, 6.07) is 0. The van der Waals surface area contributed by atoms with Gasteiger partial charge in [-0.05, 0) is 24.7 Å². The monoisotopic (exact) mass is 263 g/mol. The molecule has 0 aromatic carbocycles. The van der Waals surface area contributed by atoms with E-state index in [-0.39, 0.29) is 5.91 Å². The number of likely N-dealkylation sites (tertiary alicyclic amines) is 1. The minimum Gasteiger partial charge on any atom is -0.339 e. The van der Waals surface area contributed by atoms with Crippen LogP contribution in [-0.2, 0) is 7.05 Å². The van der Waals surface area contributed by atoms with Crippen molar-refractivity contribution in [2.45, 2.75) is 46.0 Å². The maximum atomic E-state index is 12.4. The molecule has 19 heavy (non-hydrogen) atoms. The molecule has 0 spiro atoms. The Morgan fingerprint density at radius 1 is 1.32 bits per heavy atom. The lowest BCUT2D eigenvalue weighted by molar-refractivity contribution is 0.0754. The Balaban J connectivity index is 2.05. The lowest BCUT2D eigenvalue weighted by atomic mass is 9.76. The van der Waals surface area contributed by atoms with Crippen LogP contribution in [0.15, 0.2) is 12.4 Å². The van der Waals surface area contributed by atoms with Crippen molar-refractivity contribution in [3.05, 3.63) is 18.0 Å². The lowest BCUT2D eigenvalue weighted by Gasteiger charge is -2.30. The third-order valence-electron chi connectivity index (χ3n) is 4.79. The summed E-state index contributed by atoms with van der Waals surface area (Å²) in [4.78, 5) is 14.4. The second-order valence-electron chi connectivity index (χ2n) is 5.76. The number of aryl methyl sites for hydroxylation is 1. The SMILES string of the molecule is CCC1(CC)CCCN(C(=O)c2cnn(C)c2)CC1. The van der Waals surface area contributed by atoms with Gasteiger partial charge < -0.3 is 4.90 Å². The molecule has 1 aliphatic rings. The molecule has 4 nitrogen and oxygen atoms in total. The number of aromatic nitrogens is 2. The first kappa shape index (κ1) is 14.1. The first-order valence-electron chi connectivity index (χ1n) is 7.38. The molecule has 0 unspecified atom stereocenters. The summed E-state index contributed by atoms with van der Waals surface area (Å²) in [7, 11) is 1.85. The van der Waals surface area contributed by atoms with Crippen molar-refractivity contribution in [1.82, 2.24) is 14.7 Å². The van der Waals surface area contributed by atoms with Gasteiger partial charge in [0.2, 0.25) is 0 Å². The maximum absolute atomic E-state index is 12.4. The predicted octanol–water partition coefficient (Wildman–Crippen LogP) is 2.85. The van der Waals surface area contributed by atoms with Crippen LogP contribution in [0.2, 0.25) is 0 Å². The minimum absolute atomic E-state index is 0.135. The normalized spacial score (nSPS) is 19.2. The van der Waals surface area contributed by atoms with Crippen LogP contribution >= 0.6 is 0 Å². The summed E-state index contributed by atoms with van der Waals surface area (Å²) in [6.45, 7) is 6.33. The zero-order valence-corrected chi connectivity index (χ0v) is 12.4. The Hall–Kier alpha value is -1.32. The van der Waals surface area contributed by atoms with Crippen molar-refractivity contribution in [1.29, 1.82) is 0 Å². The van der Waals surface area contributed by atoms with Crippen molar-refractivity contribution < 1.29 is 4.79 Å². The Bertz CT molecular complexity index is 434. The van der Waals surface area contributed by atoms with Gasteiger partial charge in [-0.25, -0.2) is 0 Å². The molecule has 0 radical (unpaired) electrons. The molecule has 0 atom stereocenters. The second-order valence-corrected chi connectivity index (χ2v) is 5.76. The van der Waals surface area contributed by atoms with Crippen LogP contribution < -0.4 is 0 Å². The maximum Gasteiger partial charge on any atom is 0.257 e. The second kappa shape index (κ2) is 5.76. The van der Waals surface area contributed by atoms with Crippen LogP contribution in [0.5, 0.6) is 0 Å². The molecule has 0 aliphatic carbocycles. The molecule has 4 heteroatoms.